The molecule has 1 fully saturated rings. The quantitative estimate of drug-likeness (QED) is 0.308. The van der Waals surface area contributed by atoms with Crippen molar-refractivity contribution < 1.29 is 23.9 Å². The largest absolute Gasteiger partial charge is 0.382 e. The highest BCUT2D eigenvalue weighted by atomic mass is 16.5. The summed E-state index contributed by atoms with van der Waals surface area (Å²) in [5.41, 5.74) is 6.24. The molecule has 0 saturated carbocycles. The number of likely N-dealkylation sites (N-methyl/N-ethyl adjacent to an activating group) is 1. The molecule has 0 radical (unpaired) electrons. The number of carbonyl (C=O) groups is 4. The van der Waals surface area contributed by atoms with Gasteiger partial charge in [-0.3, -0.25) is 24.5 Å². The van der Waals surface area contributed by atoms with Crippen LogP contribution in [0.4, 0.5) is 5.69 Å². The van der Waals surface area contributed by atoms with Crippen molar-refractivity contribution in [2.24, 2.45) is 5.73 Å². The summed E-state index contributed by atoms with van der Waals surface area (Å²) in [5.74, 6) is -1.33. The molecule has 1 aliphatic heterocycles. The van der Waals surface area contributed by atoms with Gasteiger partial charge >= 0.3 is 0 Å². The van der Waals surface area contributed by atoms with Crippen molar-refractivity contribution in [3.05, 3.63) is 29.3 Å². The van der Waals surface area contributed by atoms with Gasteiger partial charge in [0.2, 0.25) is 11.8 Å². The summed E-state index contributed by atoms with van der Waals surface area (Å²) < 4.78 is 5.27. The second kappa shape index (κ2) is 9.79. The molecule has 1 saturated heterocycles. The number of nitrogens with two attached hydrogens (primary N) is 1. The predicted octanol–water partition coefficient (Wildman–Crippen LogP) is -0.236. The van der Waals surface area contributed by atoms with Gasteiger partial charge in [-0.05, 0) is 18.6 Å². The molecular weight excluding hydrogens is 352 g/mol. The van der Waals surface area contributed by atoms with Gasteiger partial charge in [0.05, 0.1) is 24.3 Å². The SMILES string of the molecule is CN(C(=O)c1cccc(NCCOCCN)c1C=O)C1CCC(=O)NC1=O. The number of piperidine rings is 1. The number of amides is 3. The zero-order valence-corrected chi connectivity index (χ0v) is 15.2. The minimum absolute atomic E-state index is 0.166. The molecule has 9 heteroatoms. The molecule has 0 aliphatic carbocycles. The van der Waals surface area contributed by atoms with Crippen molar-refractivity contribution in [1.29, 1.82) is 0 Å². The Morgan fingerprint density at radius 1 is 1.41 bits per heavy atom. The van der Waals surface area contributed by atoms with Gasteiger partial charge in [0.15, 0.2) is 6.29 Å². The number of aldehydes is 1. The number of benzene rings is 1. The Labute approximate surface area is 157 Å². The van der Waals surface area contributed by atoms with Gasteiger partial charge in [0.25, 0.3) is 5.91 Å². The molecule has 2 rings (SSSR count). The van der Waals surface area contributed by atoms with Crippen LogP contribution in [0.1, 0.15) is 33.6 Å². The molecule has 1 unspecified atom stereocenters. The van der Waals surface area contributed by atoms with Crippen LogP contribution in [-0.2, 0) is 14.3 Å². The fourth-order valence-corrected chi connectivity index (χ4v) is 2.86. The van der Waals surface area contributed by atoms with Crippen LogP contribution in [0.5, 0.6) is 0 Å². The zero-order valence-electron chi connectivity index (χ0n) is 15.2. The van der Waals surface area contributed by atoms with Crippen molar-refractivity contribution in [2.75, 3.05) is 38.7 Å². The van der Waals surface area contributed by atoms with Gasteiger partial charge in [0, 0.05) is 32.2 Å². The lowest BCUT2D eigenvalue weighted by Crippen LogP contribution is -2.53. The molecule has 9 nitrogen and oxygen atoms in total. The number of rotatable bonds is 9. The maximum absolute atomic E-state index is 12.9. The van der Waals surface area contributed by atoms with E-state index in [0.29, 0.717) is 38.3 Å². The molecule has 27 heavy (non-hydrogen) atoms. The number of nitrogens with one attached hydrogen (secondary N) is 2. The van der Waals surface area contributed by atoms with E-state index in [-0.39, 0.29) is 29.9 Å². The lowest BCUT2D eigenvalue weighted by Gasteiger charge is -2.30. The van der Waals surface area contributed by atoms with Crippen molar-refractivity contribution in [3.8, 4) is 0 Å². The molecule has 1 aromatic rings. The monoisotopic (exact) mass is 376 g/mol. The summed E-state index contributed by atoms with van der Waals surface area (Å²) in [6.45, 7) is 1.72. The van der Waals surface area contributed by atoms with Gasteiger partial charge in [-0.25, -0.2) is 0 Å². The first-order chi connectivity index (χ1) is 13.0. The fraction of sp³-hybridized carbons (Fsp3) is 0.444. The summed E-state index contributed by atoms with van der Waals surface area (Å²) in [6, 6.07) is 4.12. The molecule has 1 aromatic carbocycles. The van der Waals surface area contributed by atoms with E-state index in [9.17, 15) is 19.2 Å². The molecular formula is C18H24N4O5. The summed E-state index contributed by atoms with van der Waals surface area (Å²) in [6.07, 6.45) is 1.02. The number of carbonyl (C=O) groups excluding carboxylic acids is 4. The van der Waals surface area contributed by atoms with E-state index in [1.807, 2.05) is 0 Å². The summed E-state index contributed by atoms with van der Waals surface area (Å²) in [7, 11) is 1.48. The first kappa shape index (κ1) is 20.5. The van der Waals surface area contributed by atoms with E-state index in [1.54, 1.807) is 12.1 Å². The van der Waals surface area contributed by atoms with Crippen molar-refractivity contribution >= 4 is 29.7 Å². The molecule has 1 atom stereocenters. The lowest BCUT2D eigenvalue weighted by atomic mass is 10.0. The Kier molecular flexibility index (Phi) is 7.44. The molecule has 1 heterocycles. The van der Waals surface area contributed by atoms with Crippen LogP contribution in [0.3, 0.4) is 0 Å². The molecule has 1 aliphatic rings. The van der Waals surface area contributed by atoms with E-state index >= 15 is 0 Å². The molecule has 4 N–H and O–H groups in total. The van der Waals surface area contributed by atoms with Crippen LogP contribution in [0.15, 0.2) is 18.2 Å². The average molecular weight is 376 g/mol. The Balaban J connectivity index is 2.13. The topological polar surface area (TPSA) is 131 Å². The van der Waals surface area contributed by atoms with E-state index in [4.69, 9.17) is 10.5 Å². The first-order valence-corrected chi connectivity index (χ1v) is 8.70. The number of imide groups is 1. The number of anilines is 1. The predicted molar refractivity (Wildman–Crippen MR) is 98.5 cm³/mol. The van der Waals surface area contributed by atoms with Gasteiger partial charge in [-0.2, -0.15) is 0 Å². The van der Waals surface area contributed by atoms with Crippen LogP contribution in [-0.4, -0.2) is 68.3 Å². The smallest absolute Gasteiger partial charge is 0.255 e. The standard InChI is InChI=1S/C18H24N4O5/c1-22(15-5-6-16(24)21-17(15)25)18(26)12-3-2-4-14(13(12)11-23)20-8-10-27-9-7-19/h2-4,11,15,20H,5-10,19H2,1H3,(H,21,24,25). The fourth-order valence-electron chi connectivity index (χ4n) is 2.86. The Hall–Kier alpha value is -2.78. The Morgan fingerprint density at radius 3 is 2.85 bits per heavy atom. The lowest BCUT2D eigenvalue weighted by molar-refractivity contribution is -0.136. The molecule has 0 bridgehead atoms. The third-order valence-electron chi connectivity index (χ3n) is 4.28. The third-order valence-corrected chi connectivity index (χ3v) is 4.28. The third kappa shape index (κ3) is 5.11. The maximum atomic E-state index is 12.9. The normalized spacial score (nSPS) is 16.6. The van der Waals surface area contributed by atoms with Gasteiger partial charge in [-0.15, -0.1) is 0 Å². The second-order valence-electron chi connectivity index (χ2n) is 6.10. The zero-order chi connectivity index (χ0) is 19.8. The molecule has 0 spiro atoms. The maximum Gasteiger partial charge on any atom is 0.255 e. The minimum Gasteiger partial charge on any atom is -0.382 e. The molecule has 0 aromatic heterocycles. The molecule has 146 valence electrons. The number of nitrogens with zero attached hydrogens (tertiary/aromatic N) is 1. The second-order valence-corrected chi connectivity index (χ2v) is 6.10. The number of hydrogen-bond acceptors (Lipinski definition) is 7. The van der Waals surface area contributed by atoms with Crippen LogP contribution in [0.2, 0.25) is 0 Å². The van der Waals surface area contributed by atoms with Crippen molar-refractivity contribution in [2.45, 2.75) is 18.9 Å². The highest BCUT2D eigenvalue weighted by molar-refractivity contribution is 6.07. The van der Waals surface area contributed by atoms with Gasteiger partial charge in [-0.1, -0.05) is 6.07 Å². The van der Waals surface area contributed by atoms with E-state index in [0.717, 1.165) is 0 Å². The molecule has 3 amide bonds. The summed E-state index contributed by atoms with van der Waals surface area (Å²) in [5, 5.41) is 5.28. The summed E-state index contributed by atoms with van der Waals surface area (Å²) >= 11 is 0. The highest BCUT2D eigenvalue weighted by Gasteiger charge is 2.33. The van der Waals surface area contributed by atoms with E-state index < -0.39 is 17.9 Å². The highest BCUT2D eigenvalue weighted by Crippen LogP contribution is 2.21. The van der Waals surface area contributed by atoms with Crippen molar-refractivity contribution in [3.63, 3.8) is 0 Å². The number of ether oxygens (including phenoxy) is 1. The Morgan fingerprint density at radius 2 is 2.19 bits per heavy atom. The van der Waals surface area contributed by atoms with E-state index in [2.05, 4.69) is 10.6 Å². The minimum atomic E-state index is -0.754. The Bertz CT molecular complexity index is 722. The van der Waals surface area contributed by atoms with Crippen LogP contribution < -0.4 is 16.4 Å². The van der Waals surface area contributed by atoms with Gasteiger partial charge in [0.1, 0.15) is 6.04 Å². The van der Waals surface area contributed by atoms with E-state index in [1.165, 1.54) is 18.0 Å². The van der Waals surface area contributed by atoms with Gasteiger partial charge < -0.3 is 20.7 Å². The van der Waals surface area contributed by atoms with Crippen molar-refractivity contribution in [1.82, 2.24) is 10.2 Å². The van der Waals surface area contributed by atoms with Crippen LogP contribution in [0, 0.1) is 0 Å². The van der Waals surface area contributed by atoms with Crippen LogP contribution >= 0.6 is 0 Å². The first-order valence-electron chi connectivity index (χ1n) is 8.70. The number of hydrogen-bond donors (Lipinski definition) is 3. The summed E-state index contributed by atoms with van der Waals surface area (Å²) in [4.78, 5) is 49.0. The van der Waals surface area contributed by atoms with Crippen LogP contribution in [0.25, 0.3) is 0 Å². The average Bonchev–Trinajstić information content (AvgIpc) is 2.66.